The average Bonchev–Trinajstić information content (AvgIpc) is 2.64. The van der Waals surface area contributed by atoms with Crippen LogP contribution in [0.4, 0.5) is 11.5 Å². The molecule has 2 N–H and O–H groups in total. The number of hydrogen-bond acceptors (Lipinski definition) is 5. The molecule has 2 aromatic heterocycles. The number of anilines is 2. The Morgan fingerprint density at radius 2 is 2.00 bits per heavy atom. The normalized spacial score (nSPS) is 10.3. The van der Waals surface area contributed by atoms with Crippen LogP contribution in [0.2, 0.25) is 0 Å². The number of nitrogens with zero attached hydrogens (tertiary/aromatic N) is 3. The summed E-state index contributed by atoms with van der Waals surface area (Å²) >= 11 is 3.50. The van der Waals surface area contributed by atoms with Gasteiger partial charge in [0, 0.05) is 22.4 Å². The summed E-state index contributed by atoms with van der Waals surface area (Å²) in [5, 5.41) is 5.96. The first-order valence-corrected chi connectivity index (χ1v) is 8.44. The van der Waals surface area contributed by atoms with Gasteiger partial charge in [-0.1, -0.05) is 28.1 Å². The number of carbonyl (C=O) groups excluding carboxylic acids is 1. The molecule has 0 saturated heterocycles. The molecule has 0 unspecified atom stereocenters. The summed E-state index contributed by atoms with van der Waals surface area (Å²) < 4.78 is 1.000. The van der Waals surface area contributed by atoms with Gasteiger partial charge < -0.3 is 10.6 Å². The smallest absolute Gasteiger partial charge is 0.270 e. The Labute approximate surface area is 153 Å². The predicted molar refractivity (Wildman–Crippen MR) is 99.6 cm³/mol. The molecule has 6 nitrogen and oxygen atoms in total. The van der Waals surface area contributed by atoms with Crippen molar-refractivity contribution in [2.45, 2.75) is 13.5 Å². The summed E-state index contributed by atoms with van der Waals surface area (Å²) in [5.74, 6) is 0.273. The molecule has 0 aliphatic rings. The largest absolute Gasteiger partial charge is 0.345 e. The highest BCUT2D eigenvalue weighted by molar-refractivity contribution is 9.10. The van der Waals surface area contributed by atoms with Crippen LogP contribution in [0.15, 0.2) is 59.5 Å². The monoisotopic (exact) mass is 397 g/mol. The van der Waals surface area contributed by atoms with Crippen molar-refractivity contribution >= 4 is 33.3 Å². The number of aromatic nitrogens is 3. The molecular weight excluding hydrogens is 382 g/mol. The van der Waals surface area contributed by atoms with Crippen LogP contribution in [0.5, 0.6) is 0 Å². The Balaban J connectivity index is 1.68. The molecule has 2 heterocycles. The predicted octanol–water partition coefficient (Wildman–Crippen LogP) is 3.62. The summed E-state index contributed by atoms with van der Waals surface area (Å²) in [6.45, 7) is 2.36. The van der Waals surface area contributed by atoms with Crippen molar-refractivity contribution in [1.82, 2.24) is 20.3 Å². The maximum atomic E-state index is 12.3. The molecule has 1 aromatic carbocycles. The zero-order valence-electron chi connectivity index (χ0n) is 13.5. The molecule has 3 aromatic rings. The van der Waals surface area contributed by atoms with Gasteiger partial charge in [0.1, 0.15) is 17.8 Å². The fraction of sp³-hybridized carbons (Fsp3) is 0.111. The van der Waals surface area contributed by atoms with Gasteiger partial charge in [0.05, 0.1) is 12.2 Å². The van der Waals surface area contributed by atoms with Crippen LogP contribution in [-0.2, 0) is 6.54 Å². The number of aryl methyl sites for hydroxylation is 1. The lowest BCUT2D eigenvalue weighted by Crippen LogP contribution is -2.24. The fourth-order valence-electron chi connectivity index (χ4n) is 2.13. The zero-order valence-corrected chi connectivity index (χ0v) is 15.1. The van der Waals surface area contributed by atoms with E-state index in [0.29, 0.717) is 18.1 Å². The van der Waals surface area contributed by atoms with Crippen LogP contribution >= 0.6 is 15.9 Å². The molecule has 0 bridgehead atoms. The molecular formula is C18H16BrN5O. The number of rotatable bonds is 5. The zero-order chi connectivity index (χ0) is 17.6. The number of halogens is 1. The minimum Gasteiger partial charge on any atom is -0.345 e. The number of carbonyl (C=O) groups is 1. The van der Waals surface area contributed by atoms with Crippen molar-refractivity contribution in [2.24, 2.45) is 0 Å². The van der Waals surface area contributed by atoms with Crippen LogP contribution in [0.25, 0.3) is 0 Å². The highest BCUT2D eigenvalue weighted by atomic mass is 79.9. The highest BCUT2D eigenvalue weighted by Gasteiger charge is 2.09. The van der Waals surface area contributed by atoms with Crippen molar-refractivity contribution in [3.05, 3.63) is 76.4 Å². The average molecular weight is 398 g/mol. The second kappa shape index (κ2) is 7.85. The number of benzene rings is 1. The highest BCUT2D eigenvalue weighted by Crippen LogP contribution is 2.22. The van der Waals surface area contributed by atoms with E-state index in [4.69, 9.17) is 0 Å². The van der Waals surface area contributed by atoms with Crippen molar-refractivity contribution in [3.8, 4) is 0 Å². The molecule has 0 fully saturated rings. The summed E-state index contributed by atoms with van der Waals surface area (Å²) in [6, 6.07) is 13.1. The summed E-state index contributed by atoms with van der Waals surface area (Å²) in [5.41, 5.74) is 3.09. The van der Waals surface area contributed by atoms with E-state index in [9.17, 15) is 4.79 Å². The molecule has 0 spiro atoms. The van der Waals surface area contributed by atoms with Gasteiger partial charge in [-0.25, -0.2) is 9.97 Å². The van der Waals surface area contributed by atoms with Crippen LogP contribution in [0.1, 0.15) is 21.7 Å². The van der Waals surface area contributed by atoms with E-state index in [-0.39, 0.29) is 5.91 Å². The van der Waals surface area contributed by atoms with Crippen LogP contribution in [-0.4, -0.2) is 20.9 Å². The molecule has 0 saturated carbocycles. The lowest BCUT2D eigenvalue weighted by molar-refractivity contribution is 0.0945. The molecule has 25 heavy (non-hydrogen) atoms. The van der Waals surface area contributed by atoms with Gasteiger partial charge in [0.2, 0.25) is 0 Å². The summed E-state index contributed by atoms with van der Waals surface area (Å²) in [6.07, 6.45) is 3.05. The number of nitrogens with one attached hydrogen (secondary N) is 2. The SMILES string of the molecule is Cc1ccc(Nc2cc(C(=O)NCc3ccccn3)ncn2)cc1Br. The van der Waals surface area contributed by atoms with Crippen molar-refractivity contribution in [3.63, 3.8) is 0 Å². The maximum absolute atomic E-state index is 12.3. The second-order valence-electron chi connectivity index (χ2n) is 5.38. The first kappa shape index (κ1) is 17.0. The number of hydrogen-bond donors (Lipinski definition) is 2. The quantitative estimate of drug-likeness (QED) is 0.687. The third-order valence-electron chi connectivity index (χ3n) is 3.50. The van der Waals surface area contributed by atoms with Gasteiger partial charge >= 0.3 is 0 Å². The van der Waals surface area contributed by atoms with Gasteiger partial charge in [-0.3, -0.25) is 9.78 Å². The van der Waals surface area contributed by atoms with E-state index in [1.54, 1.807) is 12.3 Å². The van der Waals surface area contributed by atoms with E-state index in [1.807, 2.05) is 43.3 Å². The molecule has 0 atom stereocenters. The summed E-state index contributed by atoms with van der Waals surface area (Å²) in [4.78, 5) is 24.6. The Morgan fingerprint density at radius 3 is 2.76 bits per heavy atom. The van der Waals surface area contributed by atoms with E-state index < -0.39 is 0 Å². The van der Waals surface area contributed by atoms with Gasteiger partial charge in [-0.15, -0.1) is 0 Å². The molecule has 126 valence electrons. The van der Waals surface area contributed by atoms with Gasteiger partial charge in [0.25, 0.3) is 5.91 Å². The van der Waals surface area contributed by atoms with E-state index in [2.05, 4.69) is 41.5 Å². The van der Waals surface area contributed by atoms with Crippen molar-refractivity contribution in [2.75, 3.05) is 5.32 Å². The summed E-state index contributed by atoms with van der Waals surface area (Å²) in [7, 11) is 0. The fourth-order valence-corrected chi connectivity index (χ4v) is 2.51. The Morgan fingerprint density at radius 1 is 1.12 bits per heavy atom. The minimum atomic E-state index is -0.277. The van der Waals surface area contributed by atoms with Crippen LogP contribution in [0, 0.1) is 6.92 Å². The van der Waals surface area contributed by atoms with Gasteiger partial charge in [-0.2, -0.15) is 0 Å². The number of amides is 1. The van der Waals surface area contributed by atoms with Gasteiger partial charge in [0.15, 0.2) is 0 Å². The topological polar surface area (TPSA) is 79.8 Å². The molecule has 0 aliphatic heterocycles. The van der Waals surface area contributed by atoms with Crippen molar-refractivity contribution in [1.29, 1.82) is 0 Å². The number of pyridine rings is 1. The van der Waals surface area contributed by atoms with Crippen molar-refractivity contribution < 1.29 is 4.79 Å². The molecule has 3 rings (SSSR count). The molecule has 7 heteroatoms. The lowest BCUT2D eigenvalue weighted by Gasteiger charge is -2.09. The maximum Gasteiger partial charge on any atom is 0.270 e. The van der Waals surface area contributed by atoms with E-state index >= 15 is 0 Å². The van der Waals surface area contributed by atoms with Crippen LogP contribution in [0.3, 0.4) is 0 Å². The Hall–Kier alpha value is -2.80. The van der Waals surface area contributed by atoms with Gasteiger partial charge in [-0.05, 0) is 36.8 Å². The first-order chi connectivity index (χ1) is 12.1. The Kier molecular flexibility index (Phi) is 5.35. The second-order valence-corrected chi connectivity index (χ2v) is 6.24. The molecule has 0 radical (unpaired) electrons. The third kappa shape index (κ3) is 4.60. The Bertz CT molecular complexity index is 886. The standard InChI is InChI=1S/C18H16BrN5O/c1-12-5-6-13(8-15(12)19)24-17-9-16(22-11-23-17)18(25)21-10-14-4-2-3-7-20-14/h2-9,11H,10H2,1H3,(H,21,25)(H,22,23,24). The first-order valence-electron chi connectivity index (χ1n) is 7.65. The van der Waals surface area contributed by atoms with E-state index in [1.165, 1.54) is 6.33 Å². The lowest BCUT2D eigenvalue weighted by atomic mass is 10.2. The third-order valence-corrected chi connectivity index (χ3v) is 4.35. The molecule has 1 amide bonds. The van der Waals surface area contributed by atoms with E-state index in [0.717, 1.165) is 21.4 Å². The molecule has 0 aliphatic carbocycles. The minimum absolute atomic E-state index is 0.277. The van der Waals surface area contributed by atoms with Crippen LogP contribution < -0.4 is 10.6 Å².